The van der Waals surface area contributed by atoms with Gasteiger partial charge in [-0.1, -0.05) is 44.6 Å². The van der Waals surface area contributed by atoms with Crippen LogP contribution in [0.4, 0.5) is 0 Å². The molecular weight excluding hydrogens is 454 g/mol. The monoisotopic (exact) mass is 489 g/mol. The fourth-order valence-corrected chi connectivity index (χ4v) is 8.74. The first kappa shape index (κ1) is 23.8. The van der Waals surface area contributed by atoms with Crippen LogP contribution in [-0.4, -0.2) is 46.3 Å². The summed E-state index contributed by atoms with van der Waals surface area (Å²) in [7, 11) is 0. The van der Waals surface area contributed by atoms with E-state index in [1.165, 1.54) is 0 Å². The van der Waals surface area contributed by atoms with Crippen LogP contribution >= 0.6 is 0 Å². The molecule has 5 aliphatic rings. The number of nitrogens with zero attached hydrogens (tertiary/aromatic N) is 1. The third-order valence-corrected chi connectivity index (χ3v) is 10.5. The summed E-state index contributed by atoms with van der Waals surface area (Å²) < 4.78 is 5.98. The van der Waals surface area contributed by atoms with Gasteiger partial charge in [-0.05, 0) is 67.2 Å². The predicted octanol–water partition coefficient (Wildman–Crippen LogP) is 3.82. The molecule has 1 aromatic rings. The van der Waals surface area contributed by atoms with Crippen LogP contribution in [0.15, 0.2) is 47.0 Å². The highest BCUT2D eigenvalue weighted by Gasteiger charge is 2.70. The lowest BCUT2D eigenvalue weighted by Gasteiger charge is -2.59. The van der Waals surface area contributed by atoms with Gasteiger partial charge < -0.3 is 14.9 Å². The molecule has 6 rings (SSSR count). The molecule has 0 radical (unpaired) electrons. The number of benzene rings is 1. The van der Waals surface area contributed by atoms with Crippen molar-refractivity contribution in [1.82, 2.24) is 0 Å². The molecule has 36 heavy (non-hydrogen) atoms. The second-order valence-corrected chi connectivity index (χ2v) is 12.1. The molecule has 2 N–H and O–H groups in total. The molecule has 3 fully saturated rings. The summed E-state index contributed by atoms with van der Waals surface area (Å²) in [5.41, 5.74) is 0.367. The first-order valence-corrected chi connectivity index (χ1v) is 13.2. The smallest absolute Gasteiger partial charge is 0.202 e. The van der Waals surface area contributed by atoms with Crippen LogP contribution in [-0.2, 0) is 16.1 Å². The number of hydrogen-bond acceptors (Lipinski definition) is 6. The minimum atomic E-state index is -1.58. The van der Waals surface area contributed by atoms with Gasteiger partial charge in [-0.15, -0.1) is 0 Å². The number of aliphatic hydroxyl groups excluding tert-OH is 1. The zero-order chi connectivity index (χ0) is 25.5. The number of Topliss-reactive ketones (excluding diaryl/α,β-unsaturated/α-hetero) is 1. The van der Waals surface area contributed by atoms with Gasteiger partial charge in [0, 0.05) is 28.5 Å². The normalized spacial score (nSPS) is 42.3. The Hall–Kier alpha value is -2.57. The Labute approximate surface area is 212 Å². The minimum Gasteiger partial charge on any atom is -0.485 e. The van der Waals surface area contributed by atoms with Gasteiger partial charge in [0.1, 0.15) is 18.0 Å². The largest absolute Gasteiger partial charge is 0.485 e. The van der Waals surface area contributed by atoms with Crippen molar-refractivity contribution >= 4 is 17.8 Å². The van der Waals surface area contributed by atoms with E-state index in [1.807, 2.05) is 38.1 Å². The SMILES string of the molecule is C[C@@H]1CC2C3CCC4=CC(=O)C=CC4(C)C3C(O)CC2(C)[C@@]1(O)C(=O)COc1cccc2c1C=NC2. The van der Waals surface area contributed by atoms with E-state index in [0.29, 0.717) is 18.7 Å². The summed E-state index contributed by atoms with van der Waals surface area (Å²) >= 11 is 0. The molecule has 6 nitrogen and oxygen atoms in total. The second kappa shape index (κ2) is 7.96. The van der Waals surface area contributed by atoms with Crippen LogP contribution in [0.2, 0.25) is 0 Å². The van der Waals surface area contributed by atoms with E-state index in [-0.39, 0.29) is 47.3 Å². The van der Waals surface area contributed by atoms with E-state index >= 15 is 0 Å². The predicted molar refractivity (Wildman–Crippen MR) is 136 cm³/mol. The third kappa shape index (κ3) is 3.07. The number of ketones is 2. The average Bonchev–Trinajstić information content (AvgIpc) is 3.40. The maximum Gasteiger partial charge on any atom is 0.202 e. The van der Waals surface area contributed by atoms with Gasteiger partial charge in [-0.2, -0.15) is 0 Å². The van der Waals surface area contributed by atoms with Crippen molar-refractivity contribution < 1.29 is 24.5 Å². The molecule has 8 atom stereocenters. The van der Waals surface area contributed by atoms with Gasteiger partial charge in [-0.25, -0.2) is 0 Å². The minimum absolute atomic E-state index is 0.0147. The van der Waals surface area contributed by atoms with E-state index in [4.69, 9.17) is 4.74 Å². The fraction of sp³-hybridized carbons (Fsp3) is 0.567. The van der Waals surface area contributed by atoms with Crippen molar-refractivity contribution in [3.05, 3.63) is 53.1 Å². The number of carbonyl (C=O) groups excluding carboxylic acids is 2. The third-order valence-electron chi connectivity index (χ3n) is 10.5. The van der Waals surface area contributed by atoms with Gasteiger partial charge in [-0.3, -0.25) is 14.6 Å². The Kier molecular flexibility index (Phi) is 5.27. The molecule has 0 bridgehead atoms. The topological polar surface area (TPSA) is 96.2 Å². The van der Waals surface area contributed by atoms with Crippen LogP contribution in [0.1, 0.15) is 57.6 Å². The standard InChI is InChI=1S/C30H35NO5/c1-17-11-23-21-8-7-19-12-20(32)9-10-28(19,2)27(21)24(33)13-29(23,3)30(17,35)26(34)16-36-25-6-4-5-18-14-31-15-22(18)25/h4-6,9-10,12,15,17,21,23-24,27,33,35H,7-8,11,13-14,16H2,1-3H3/t17-,21?,23?,24?,27?,28?,29?,30+/m1/s1. The Morgan fingerprint density at radius 1 is 1.28 bits per heavy atom. The summed E-state index contributed by atoms with van der Waals surface area (Å²) in [5.74, 6) is 0.299. The molecule has 1 aliphatic heterocycles. The lowest BCUT2D eigenvalue weighted by Crippen LogP contribution is -2.63. The average molecular weight is 490 g/mol. The highest BCUT2D eigenvalue weighted by Crippen LogP contribution is 2.68. The summed E-state index contributed by atoms with van der Waals surface area (Å²) in [6.45, 7) is 6.49. The van der Waals surface area contributed by atoms with E-state index in [9.17, 15) is 19.8 Å². The first-order valence-electron chi connectivity index (χ1n) is 13.2. The lowest BCUT2D eigenvalue weighted by atomic mass is 9.46. The highest BCUT2D eigenvalue weighted by molar-refractivity contribution is 6.01. The quantitative estimate of drug-likeness (QED) is 0.670. The number of ether oxygens (including phenoxy) is 1. The van der Waals surface area contributed by atoms with Crippen LogP contribution < -0.4 is 4.74 Å². The van der Waals surface area contributed by atoms with Crippen LogP contribution in [0.25, 0.3) is 0 Å². The number of fused-ring (bicyclic) bond motifs is 6. The number of carbonyl (C=O) groups is 2. The molecule has 6 heteroatoms. The molecule has 0 amide bonds. The summed E-state index contributed by atoms with van der Waals surface area (Å²) in [6, 6.07) is 5.73. The molecular formula is C30H35NO5. The van der Waals surface area contributed by atoms with Gasteiger partial charge in [0.25, 0.3) is 0 Å². The number of aliphatic imine (C=N–C) groups is 1. The Balaban J connectivity index is 1.29. The lowest BCUT2D eigenvalue weighted by molar-refractivity contribution is -0.183. The molecule has 6 unspecified atom stereocenters. The second-order valence-electron chi connectivity index (χ2n) is 12.1. The van der Waals surface area contributed by atoms with Gasteiger partial charge in [0.05, 0.1) is 12.6 Å². The first-order chi connectivity index (χ1) is 17.1. The number of hydrogen-bond donors (Lipinski definition) is 2. The van der Waals surface area contributed by atoms with E-state index in [1.54, 1.807) is 18.4 Å². The van der Waals surface area contributed by atoms with Crippen molar-refractivity contribution in [2.24, 2.45) is 39.5 Å². The van der Waals surface area contributed by atoms with E-state index in [2.05, 4.69) is 11.9 Å². The summed E-state index contributed by atoms with van der Waals surface area (Å²) in [6.07, 6.45) is 9.20. The Bertz CT molecular complexity index is 1230. The molecule has 0 aromatic heterocycles. The molecule has 0 spiro atoms. The summed E-state index contributed by atoms with van der Waals surface area (Å²) in [5, 5.41) is 23.7. The molecule has 1 aromatic carbocycles. The molecule has 3 saturated carbocycles. The van der Waals surface area contributed by atoms with Crippen LogP contribution in [0.3, 0.4) is 0 Å². The number of aliphatic hydroxyl groups is 2. The highest BCUT2D eigenvalue weighted by atomic mass is 16.5. The van der Waals surface area contributed by atoms with Crippen molar-refractivity contribution in [1.29, 1.82) is 0 Å². The zero-order valence-electron chi connectivity index (χ0n) is 21.2. The van der Waals surface area contributed by atoms with Gasteiger partial charge in [0.15, 0.2) is 5.78 Å². The van der Waals surface area contributed by atoms with Crippen molar-refractivity contribution in [3.63, 3.8) is 0 Å². The Morgan fingerprint density at radius 2 is 2.08 bits per heavy atom. The van der Waals surface area contributed by atoms with Gasteiger partial charge >= 0.3 is 0 Å². The van der Waals surface area contributed by atoms with E-state index < -0.39 is 17.1 Å². The zero-order valence-corrected chi connectivity index (χ0v) is 21.2. The van der Waals surface area contributed by atoms with E-state index in [0.717, 1.165) is 36.0 Å². The maximum absolute atomic E-state index is 13.8. The number of rotatable bonds is 4. The fourth-order valence-electron chi connectivity index (χ4n) is 8.74. The van der Waals surface area contributed by atoms with Crippen LogP contribution in [0, 0.1) is 34.5 Å². The van der Waals surface area contributed by atoms with Crippen molar-refractivity contribution in [3.8, 4) is 5.75 Å². The molecule has 190 valence electrons. The van der Waals surface area contributed by atoms with Gasteiger partial charge in [0.2, 0.25) is 5.78 Å². The van der Waals surface area contributed by atoms with Crippen molar-refractivity contribution in [2.45, 2.75) is 64.7 Å². The molecule has 4 aliphatic carbocycles. The number of allylic oxidation sites excluding steroid dienone is 4. The molecule has 1 heterocycles. The van der Waals surface area contributed by atoms with Crippen LogP contribution in [0.5, 0.6) is 5.75 Å². The summed E-state index contributed by atoms with van der Waals surface area (Å²) in [4.78, 5) is 30.1. The van der Waals surface area contributed by atoms with Crippen molar-refractivity contribution in [2.75, 3.05) is 6.61 Å². The Morgan fingerprint density at radius 3 is 2.89 bits per heavy atom. The molecule has 0 saturated heterocycles. The maximum atomic E-state index is 13.8.